The molecule has 5 heteroatoms. The molecular formula is C8H8Cl2N2O. The normalized spacial score (nSPS) is 9.69. The second kappa shape index (κ2) is 4.35. The summed E-state index contributed by atoms with van der Waals surface area (Å²) < 4.78 is 0. The third kappa shape index (κ3) is 2.79. The second-order valence-electron chi connectivity index (χ2n) is 2.42. The number of hydrogen-bond acceptors (Lipinski definition) is 2. The van der Waals surface area contributed by atoms with Crippen LogP contribution < -0.4 is 11.1 Å². The van der Waals surface area contributed by atoms with E-state index in [-0.39, 0.29) is 11.8 Å². The number of benzene rings is 1. The zero-order valence-electron chi connectivity index (χ0n) is 6.68. The van der Waals surface area contributed by atoms with E-state index >= 15 is 0 Å². The maximum atomic E-state index is 10.9. The number of nitrogens with two attached hydrogens (primary N) is 1. The molecule has 0 saturated carbocycles. The van der Waals surface area contributed by atoms with Gasteiger partial charge in [-0.2, -0.15) is 0 Å². The lowest BCUT2D eigenvalue weighted by Crippen LogP contribution is -2.12. The molecule has 0 aliphatic heterocycles. The Morgan fingerprint density at radius 2 is 2.23 bits per heavy atom. The van der Waals surface area contributed by atoms with Crippen molar-refractivity contribution < 1.29 is 4.79 Å². The number of amides is 1. The van der Waals surface area contributed by atoms with Crippen LogP contribution in [0.4, 0.5) is 11.4 Å². The van der Waals surface area contributed by atoms with Gasteiger partial charge in [-0.25, -0.2) is 0 Å². The smallest absolute Gasteiger partial charge is 0.239 e. The first-order valence-corrected chi connectivity index (χ1v) is 4.45. The van der Waals surface area contributed by atoms with Crippen LogP contribution in [0.1, 0.15) is 0 Å². The summed E-state index contributed by atoms with van der Waals surface area (Å²) in [4.78, 5) is 10.9. The number of carbonyl (C=O) groups is 1. The molecule has 1 amide bonds. The summed E-state index contributed by atoms with van der Waals surface area (Å²) in [5.74, 6) is -0.355. The van der Waals surface area contributed by atoms with Gasteiger partial charge in [0.15, 0.2) is 0 Å². The van der Waals surface area contributed by atoms with Gasteiger partial charge < -0.3 is 11.1 Å². The highest BCUT2D eigenvalue weighted by atomic mass is 35.5. The number of carbonyl (C=O) groups excluding carboxylic acids is 1. The van der Waals surface area contributed by atoms with E-state index in [9.17, 15) is 4.79 Å². The molecule has 13 heavy (non-hydrogen) atoms. The standard InChI is InChI=1S/C8H8Cl2N2O/c9-4-8(13)12-5-1-2-6(10)7(11)3-5/h1-3H,4,11H2,(H,12,13). The molecule has 3 nitrogen and oxygen atoms in total. The van der Waals surface area contributed by atoms with Gasteiger partial charge in [-0.15, -0.1) is 11.6 Å². The molecule has 0 aliphatic carbocycles. The van der Waals surface area contributed by atoms with Crippen molar-refractivity contribution in [2.24, 2.45) is 0 Å². The quantitative estimate of drug-likeness (QED) is 0.591. The van der Waals surface area contributed by atoms with E-state index in [0.29, 0.717) is 16.4 Å². The Morgan fingerprint density at radius 1 is 1.54 bits per heavy atom. The summed E-state index contributed by atoms with van der Waals surface area (Å²) in [7, 11) is 0. The first kappa shape index (κ1) is 10.2. The Bertz CT molecular complexity index is 328. The van der Waals surface area contributed by atoms with Crippen LogP contribution in [-0.2, 0) is 4.79 Å². The lowest BCUT2D eigenvalue weighted by Gasteiger charge is -2.04. The van der Waals surface area contributed by atoms with Crippen molar-refractivity contribution in [3.05, 3.63) is 23.2 Å². The number of hydrogen-bond donors (Lipinski definition) is 2. The van der Waals surface area contributed by atoms with Crippen LogP contribution in [0.5, 0.6) is 0 Å². The maximum Gasteiger partial charge on any atom is 0.239 e. The highest BCUT2D eigenvalue weighted by Crippen LogP contribution is 2.22. The van der Waals surface area contributed by atoms with Gasteiger partial charge in [0, 0.05) is 5.69 Å². The summed E-state index contributed by atoms with van der Waals surface area (Å²) in [5, 5.41) is 3.01. The SMILES string of the molecule is Nc1cc(NC(=O)CCl)ccc1Cl. The van der Waals surface area contributed by atoms with Crippen molar-refractivity contribution in [3.8, 4) is 0 Å². The fourth-order valence-corrected chi connectivity index (χ4v) is 1.00. The molecule has 1 aromatic rings. The van der Waals surface area contributed by atoms with Crippen molar-refractivity contribution in [3.63, 3.8) is 0 Å². The van der Waals surface area contributed by atoms with E-state index in [1.165, 1.54) is 0 Å². The fourth-order valence-electron chi connectivity index (χ4n) is 0.816. The predicted octanol–water partition coefficient (Wildman–Crippen LogP) is 2.10. The van der Waals surface area contributed by atoms with Gasteiger partial charge in [-0.05, 0) is 18.2 Å². The Hall–Kier alpha value is -0.930. The Morgan fingerprint density at radius 3 is 2.77 bits per heavy atom. The third-order valence-electron chi connectivity index (χ3n) is 1.40. The zero-order valence-corrected chi connectivity index (χ0v) is 8.19. The molecule has 0 radical (unpaired) electrons. The van der Waals surface area contributed by atoms with E-state index in [1.807, 2.05) is 0 Å². The van der Waals surface area contributed by atoms with Crippen LogP contribution in [0.15, 0.2) is 18.2 Å². The third-order valence-corrected chi connectivity index (χ3v) is 1.99. The molecule has 0 spiro atoms. The van der Waals surface area contributed by atoms with E-state index < -0.39 is 0 Å². The topological polar surface area (TPSA) is 55.1 Å². The van der Waals surface area contributed by atoms with Crippen LogP contribution in [-0.4, -0.2) is 11.8 Å². The largest absolute Gasteiger partial charge is 0.397 e. The molecule has 0 aromatic heterocycles. The van der Waals surface area contributed by atoms with Crippen molar-refractivity contribution in [1.82, 2.24) is 0 Å². The molecule has 0 heterocycles. The molecule has 70 valence electrons. The van der Waals surface area contributed by atoms with Crippen molar-refractivity contribution in [2.75, 3.05) is 16.9 Å². The van der Waals surface area contributed by atoms with E-state index in [1.54, 1.807) is 18.2 Å². The zero-order chi connectivity index (χ0) is 9.84. The lowest BCUT2D eigenvalue weighted by molar-refractivity contribution is -0.113. The highest BCUT2D eigenvalue weighted by molar-refractivity contribution is 6.33. The predicted molar refractivity (Wildman–Crippen MR) is 55.2 cm³/mol. The lowest BCUT2D eigenvalue weighted by atomic mass is 10.3. The molecular weight excluding hydrogens is 211 g/mol. The summed E-state index contributed by atoms with van der Waals surface area (Å²) in [5.41, 5.74) is 6.54. The van der Waals surface area contributed by atoms with Gasteiger partial charge in [0.05, 0.1) is 10.7 Å². The minimum Gasteiger partial charge on any atom is -0.397 e. The Balaban J connectivity index is 2.79. The van der Waals surface area contributed by atoms with Crippen LogP contribution >= 0.6 is 23.2 Å². The van der Waals surface area contributed by atoms with Crippen LogP contribution in [0.2, 0.25) is 5.02 Å². The molecule has 0 atom stereocenters. The molecule has 0 saturated heterocycles. The average Bonchev–Trinajstić information content (AvgIpc) is 2.11. The first-order chi connectivity index (χ1) is 6.13. The minimum atomic E-state index is -0.275. The fraction of sp³-hybridized carbons (Fsp3) is 0.125. The van der Waals surface area contributed by atoms with Crippen molar-refractivity contribution >= 4 is 40.5 Å². The van der Waals surface area contributed by atoms with Crippen molar-refractivity contribution in [1.29, 1.82) is 0 Å². The average molecular weight is 219 g/mol. The number of nitrogens with one attached hydrogen (secondary N) is 1. The molecule has 3 N–H and O–H groups in total. The van der Waals surface area contributed by atoms with Gasteiger partial charge >= 0.3 is 0 Å². The number of halogens is 2. The second-order valence-corrected chi connectivity index (χ2v) is 3.09. The number of nitrogen functional groups attached to an aromatic ring is 1. The Kier molecular flexibility index (Phi) is 3.39. The molecule has 1 aromatic carbocycles. The van der Waals surface area contributed by atoms with Gasteiger partial charge in [-0.1, -0.05) is 11.6 Å². The van der Waals surface area contributed by atoms with Gasteiger partial charge in [0.2, 0.25) is 5.91 Å². The minimum absolute atomic E-state index is 0.0808. The molecule has 0 bridgehead atoms. The van der Waals surface area contributed by atoms with E-state index in [0.717, 1.165) is 0 Å². The summed E-state index contributed by atoms with van der Waals surface area (Å²) >= 11 is 11.0. The Labute approximate surface area is 85.8 Å². The van der Waals surface area contributed by atoms with E-state index in [4.69, 9.17) is 28.9 Å². The van der Waals surface area contributed by atoms with Crippen LogP contribution in [0.25, 0.3) is 0 Å². The molecule has 0 aliphatic rings. The summed E-state index contributed by atoms with van der Waals surface area (Å²) in [6.45, 7) is 0. The molecule has 0 fully saturated rings. The van der Waals surface area contributed by atoms with Crippen LogP contribution in [0, 0.1) is 0 Å². The van der Waals surface area contributed by atoms with Gasteiger partial charge in [0.1, 0.15) is 5.88 Å². The van der Waals surface area contributed by atoms with E-state index in [2.05, 4.69) is 5.32 Å². The number of anilines is 2. The summed E-state index contributed by atoms with van der Waals surface area (Å²) in [6, 6.07) is 4.84. The molecule has 0 unspecified atom stereocenters. The first-order valence-electron chi connectivity index (χ1n) is 3.54. The number of rotatable bonds is 2. The maximum absolute atomic E-state index is 10.9. The summed E-state index contributed by atoms with van der Waals surface area (Å²) in [6.07, 6.45) is 0. The van der Waals surface area contributed by atoms with Gasteiger partial charge in [-0.3, -0.25) is 4.79 Å². The number of alkyl halides is 1. The van der Waals surface area contributed by atoms with Gasteiger partial charge in [0.25, 0.3) is 0 Å². The highest BCUT2D eigenvalue weighted by Gasteiger charge is 2.01. The van der Waals surface area contributed by atoms with Crippen LogP contribution in [0.3, 0.4) is 0 Å². The monoisotopic (exact) mass is 218 g/mol. The molecule has 1 rings (SSSR count). The van der Waals surface area contributed by atoms with Crippen molar-refractivity contribution in [2.45, 2.75) is 0 Å².